The summed E-state index contributed by atoms with van der Waals surface area (Å²) in [6.07, 6.45) is 9.47. The molecular weight excluding hydrogens is 236 g/mol. The lowest BCUT2D eigenvalue weighted by molar-refractivity contribution is -0.0423. The van der Waals surface area contributed by atoms with E-state index in [-0.39, 0.29) is 0 Å². The second-order valence-corrected chi connectivity index (χ2v) is 6.20. The van der Waals surface area contributed by atoms with Crippen LogP contribution in [0.3, 0.4) is 0 Å². The molecule has 0 spiro atoms. The molecule has 2 heterocycles. The van der Waals surface area contributed by atoms with E-state index in [4.69, 9.17) is 4.74 Å². The molecule has 19 heavy (non-hydrogen) atoms. The average molecular weight is 268 g/mol. The van der Waals surface area contributed by atoms with E-state index in [2.05, 4.69) is 24.1 Å². The lowest BCUT2D eigenvalue weighted by Gasteiger charge is -2.43. The van der Waals surface area contributed by atoms with Crippen molar-refractivity contribution in [1.82, 2.24) is 10.2 Å². The molecule has 2 fully saturated rings. The van der Waals surface area contributed by atoms with Crippen LogP contribution in [-0.4, -0.2) is 49.3 Å². The zero-order chi connectivity index (χ0) is 13.5. The van der Waals surface area contributed by atoms with Crippen molar-refractivity contribution in [3.8, 4) is 0 Å². The van der Waals surface area contributed by atoms with E-state index >= 15 is 0 Å². The molecule has 3 unspecified atom stereocenters. The molecule has 3 atom stereocenters. The van der Waals surface area contributed by atoms with Crippen LogP contribution in [-0.2, 0) is 4.74 Å². The largest absolute Gasteiger partial charge is 0.378 e. The van der Waals surface area contributed by atoms with Crippen molar-refractivity contribution in [2.24, 2.45) is 0 Å². The van der Waals surface area contributed by atoms with Gasteiger partial charge in [-0.1, -0.05) is 20.3 Å². The lowest BCUT2D eigenvalue weighted by atomic mass is 9.95. The molecule has 0 aromatic rings. The van der Waals surface area contributed by atoms with Gasteiger partial charge in [-0.15, -0.1) is 0 Å². The minimum absolute atomic E-state index is 0.514. The number of nitrogens with zero attached hydrogens (tertiary/aromatic N) is 1. The molecule has 0 aromatic carbocycles. The van der Waals surface area contributed by atoms with E-state index in [1.54, 1.807) is 0 Å². The van der Waals surface area contributed by atoms with Crippen LogP contribution >= 0.6 is 0 Å². The van der Waals surface area contributed by atoms with E-state index in [1.165, 1.54) is 64.6 Å². The molecule has 0 aromatic heterocycles. The topological polar surface area (TPSA) is 24.5 Å². The Hall–Kier alpha value is -0.120. The first-order valence-electron chi connectivity index (χ1n) is 8.43. The van der Waals surface area contributed by atoms with Crippen molar-refractivity contribution in [2.45, 2.75) is 77.0 Å². The quantitative estimate of drug-likeness (QED) is 0.801. The molecule has 3 heteroatoms. The smallest absolute Gasteiger partial charge is 0.0590 e. The Labute approximate surface area is 119 Å². The number of rotatable bonds is 6. The van der Waals surface area contributed by atoms with Crippen LogP contribution in [0.5, 0.6) is 0 Å². The summed E-state index contributed by atoms with van der Waals surface area (Å²) in [7, 11) is 0. The summed E-state index contributed by atoms with van der Waals surface area (Å²) in [6.45, 7) is 9.21. The van der Waals surface area contributed by atoms with E-state index in [0.717, 1.165) is 18.7 Å². The summed E-state index contributed by atoms with van der Waals surface area (Å²) in [4.78, 5) is 2.80. The van der Waals surface area contributed by atoms with E-state index in [9.17, 15) is 0 Å². The van der Waals surface area contributed by atoms with E-state index < -0.39 is 0 Å². The third-order valence-corrected chi connectivity index (χ3v) is 4.64. The maximum Gasteiger partial charge on any atom is 0.0590 e. The standard InChI is InChI=1S/C16H32N2O/c1-3-6-16-12-14(8-11-19-16)18(10-4-2)15-7-5-9-17-13-15/h14-17H,3-13H2,1-2H3. The average Bonchev–Trinajstić information content (AvgIpc) is 2.46. The van der Waals surface area contributed by atoms with Gasteiger partial charge in [-0.2, -0.15) is 0 Å². The first-order valence-corrected chi connectivity index (χ1v) is 8.43. The van der Waals surface area contributed by atoms with Crippen molar-refractivity contribution in [1.29, 1.82) is 0 Å². The first kappa shape index (κ1) is 15.3. The summed E-state index contributed by atoms with van der Waals surface area (Å²) in [5, 5.41) is 3.58. The number of ether oxygens (including phenoxy) is 1. The molecule has 1 N–H and O–H groups in total. The van der Waals surface area contributed by atoms with Gasteiger partial charge in [0.05, 0.1) is 6.10 Å². The number of piperidine rings is 1. The molecular formula is C16H32N2O. The minimum Gasteiger partial charge on any atom is -0.378 e. The second kappa shape index (κ2) is 8.23. The Morgan fingerprint density at radius 3 is 2.74 bits per heavy atom. The Kier molecular flexibility index (Phi) is 6.62. The highest BCUT2D eigenvalue weighted by atomic mass is 16.5. The van der Waals surface area contributed by atoms with Crippen LogP contribution in [0, 0.1) is 0 Å². The van der Waals surface area contributed by atoms with Crippen molar-refractivity contribution in [3.63, 3.8) is 0 Å². The van der Waals surface area contributed by atoms with Crippen LogP contribution in [0.2, 0.25) is 0 Å². The molecule has 112 valence electrons. The number of nitrogens with one attached hydrogen (secondary N) is 1. The van der Waals surface area contributed by atoms with Gasteiger partial charge >= 0.3 is 0 Å². The van der Waals surface area contributed by atoms with Gasteiger partial charge in [0, 0.05) is 25.2 Å². The predicted molar refractivity (Wildman–Crippen MR) is 80.6 cm³/mol. The highest BCUT2D eigenvalue weighted by Crippen LogP contribution is 2.25. The Balaban J connectivity index is 1.92. The van der Waals surface area contributed by atoms with Crippen molar-refractivity contribution in [2.75, 3.05) is 26.2 Å². The minimum atomic E-state index is 0.514. The SMILES string of the molecule is CCCC1CC(N(CCC)C2CCCNC2)CCO1. The Morgan fingerprint density at radius 1 is 1.16 bits per heavy atom. The Bertz CT molecular complexity index is 239. The lowest BCUT2D eigenvalue weighted by Crippen LogP contribution is -2.53. The molecule has 0 amide bonds. The first-order chi connectivity index (χ1) is 9.35. The molecule has 3 nitrogen and oxygen atoms in total. The van der Waals surface area contributed by atoms with E-state index in [1.807, 2.05) is 0 Å². The maximum atomic E-state index is 5.92. The third kappa shape index (κ3) is 4.44. The fourth-order valence-corrected chi connectivity index (χ4v) is 3.72. The van der Waals surface area contributed by atoms with E-state index in [0.29, 0.717) is 6.10 Å². The monoisotopic (exact) mass is 268 g/mol. The summed E-state index contributed by atoms with van der Waals surface area (Å²) in [6, 6.07) is 1.52. The van der Waals surface area contributed by atoms with Crippen LogP contribution in [0.1, 0.15) is 58.8 Å². The van der Waals surface area contributed by atoms with Crippen LogP contribution < -0.4 is 5.32 Å². The molecule has 2 aliphatic heterocycles. The third-order valence-electron chi connectivity index (χ3n) is 4.64. The van der Waals surface area contributed by atoms with Crippen molar-refractivity contribution in [3.05, 3.63) is 0 Å². The molecule has 0 saturated carbocycles. The van der Waals surface area contributed by atoms with Gasteiger partial charge in [0.25, 0.3) is 0 Å². The van der Waals surface area contributed by atoms with Crippen LogP contribution in [0.15, 0.2) is 0 Å². The number of hydrogen-bond donors (Lipinski definition) is 1. The number of hydrogen-bond acceptors (Lipinski definition) is 3. The summed E-state index contributed by atoms with van der Waals surface area (Å²) in [5.41, 5.74) is 0. The van der Waals surface area contributed by atoms with Crippen molar-refractivity contribution >= 4 is 0 Å². The van der Waals surface area contributed by atoms with Gasteiger partial charge in [0.1, 0.15) is 0 Å². The second-order valence-electron chi connectivity index (χ2n) is 6.20. The normalized spacial score (nSPS) is 32.7. The van der Waals surface area contributed by atoms with Gasteiger partial charge in [-0.05, 0) is 51.6 Å². The maximum absolute atomic E-state index is 5.92. The fraction of sp³-hybridized carbons (Fsp3) is 1.00. The molecule has 2 aliphatic rings. The predicted octanol–water partition coefficient (Wildman–Crippen LogP) is 2.80. The van der Waals surface area contributed by atoms with Gasteiger partial charge in [0.2, 0.25) is 0 Å². The summed E-state index contributed by atoms with van der Waals surface area (Å²) >= 11 is 0. The van der Waals surface area contributed by atoms with Gasteiger partial charge in [-0.25, -0.2) is 0 Å². The zero-order valence-electron chi connectivity index (χ0n) is 12.9. The fourth-order valence-electron chi connectivity index (χ4n) is 3.72. The zero-order valence-corrected chi connectivity index (χ0v) is 12.9. The van der Waals surface area contributed by atoms with Gasteiger partial charge in [0.15, 0.2) is 0 Å². The van der Waals surface area contributed by atoms with Crippen molar-refractivity contribution < 1.29 is 4.74 Å². The van der Waals surface area contributed by atoms with Crippen LogP contribution in [0.4, 0.5) is 0 Å². The molecule has 0 aliphatic carbocycles. The van der Waals surface area contributed by atoms with Crippen LogP contribution in [0.25, 0.3) is 0 Å². The summed E-state index contributed by atoms with van der Waals surface area (Å²) < 4.78 is 5.92. The van der Waals surface area contributed by atoms with Gasteiger partial charge in [-0.3, -0.25) is 4.90 Å². The molecule has 0 bridgehead atoms. The highest BCUT2D eigenvalue weighted by molar-refractivity contribution is 4.86. The summed E-state index contributed by atoms with van der Waals surface area (Å²) in [5.74, 6) is 0. The highest BCUT2D eigenvalue weighted by Gasteiger charge is 2.31. The molecule has 2 rings (SSSR count). The van der Waals surface area contributed by atoms with Gasteiger partial charge < -0.3 is 10.1 Å². The molecule has 0 radical (unpaired) electrons. The Morgan fingerprint density at radius 2 is 2.05 bits per heavy atom. The molecule has 2 saturated heterocycles.